The molecule has 0 heterocycles. The van der Waals surface area contributed by atoms with Crippen LogP contribution in [0.5, 0.6) is 0 Å². The summed E-state index contributed by atoms with van der Waals surface area (Å²) in [5, 5.41) is 0. The van der Waals surface area contributed by atoms with Crippen LogP contribution in [-0.2, 0) is 0 Å². The van der Waals surface area contributed by atoms with Gasteiger partial charge in [0.2, 0.25) is 0 Å². The maximum absolute atomic E-state index is 2.35. The molecule has 0 amide bonds. The summed E-state index contributed by atoms with van der Waals surface area (Å²) >= 11 is 0. The van der Waals surface area contributed by atoms with Crippen LogP contribution in [0.3, 0.4) is 0 Å². The summed E-state index contributed by atoms with van der Waals surface area (Å²) in [7, 11) is 0. The normalized spacial score (nSPS) is 12.3. The monoisotopic (exact) mass is 647 g/mol. The Morgan fingerprint density at radius 3 is 0.478 bits per heavy atom. The van der Waals surface area contributed by atoms with Crippen molar-refractivity contribution >= 4 is 0 Å². The van der Waals surface area contributed by atoms with E-state index in [0.717, 1.165) is 5.92 Å². The summed E-state index contributed by atoms with van der Waals surface area (Å²) < 4.78 is 0. The van der Waals surface area contributed by atoms with Gasteiger partial charge in [-0.15, -0.1) is 0 Å². The molecule has 0 radical (unpaired) electrons. The third kappa shape index (κ3) is 40.2. The van der Waals surface area contributed by atoms with Crippen LogP contribution in [-0.4, -0.2) is 0 Å². The first-order valence-corrected chi connectivity index (χ1v) is 22.8. The second-order valence-electron chi connectivity index (χ2n) is 16.0. The second kappa shape index (κ2) is 43.0. The fraction of sp³-hybridized carbons (Fsp3) is 1.00. The van der Waals surface area contributed by atoms with Crippen molar-refractivity contribution in [3.05, 3.63) is 0 Å². The molecule has 0 aromatic carbocycles. The van der Waals surface area contributed by atoms with E-state index < -0.39 is 0 Å². The number of hydrogen-bond donors (Lipinski definition) is 0. The SMILES string of the molecule is CCCCCCCCCCCCCCCCCCCCCC(CCCCCC)CCCCCCCCCCCCCCCCCC. The molecule has 0 bridgehead atoms. The van der Waals surface area contributed by atoms with Gasteiger partial charge in [0.15, 0.2) is 0 Å². The molecule has 0 saturated carbocycles. The van der Waals surface area contributed by atoms with Crippen molar-refractivity contribution in [1.29, 1.82) is 0 Å². The molecule has 0 aromatic rings. The van der Waals surface area contributed by atoms with E-state index >= 15 is 0 Å². The van der Waals surface area contributed by atoms with Gasteiger partial charge in [0.25, 0.3) is 0 Å². The van der Waals surface area contributed by atoms with Crippen molar-refractivity contribution in [2.45, 2.75) is 290 Å². The maximum atomic E-state index is 2.35. The first kappa shape index (κ1) is 46.0. The van der Waals surface area contributed by atoms with Gasteiger partial charge >= 0.3 is 0 Å². The predicted octanol–water partition coefficient (Wildman–Crippen LogP) is 18.0. The van der Waals surface area contributed by atoms with Gasteiger partial charge in [-0.2, -0.15) is 0 Å². The Morgan fingerprint density at radius 1 is 0.174 bits per heavy atom. The van der Waals surface area contributed by atoms with Gasteiger partial charge in [-0.05, 0) is 5.92 Å². The van der Waals surface area contributed by atoms with Gasteiger partial charge in [0, 0.05) is 0 Å². The quantitative estimate of drug-likeness (QED) is 0.0579. The number of rotatable bonds is 42. The largest absolute Gasteiger partial charge is 0.0654 e. The molecule has 0 heteroatoms. The summed E-state index contributed by atoms with van der Waals surface area (Å²) in [5.41, 5.74) is 0. The van der Waals surface area contributed by atoms with E-state index in [1.54, 1.807) is 0 Å². The van der Waals surface area contributed by atoms with Gasteiger partial charge < -0.3 is 0 Å². The van der Waals surface area contributed by atoms with Crippen LogP contribution >= 0.6 is 0 Å². The molecule has 0 saturated heterocycles. The summed E-state index contributed by atoms with van der Waals surface area (Å²) in [6, 6.07) is 0. The zero-order chi connectivity index (χ0) is 33.3. The molecule has 0 nitrogen and oxygen atoms in total. The molecule has 0 N–H and O–H groups in total. The van der Waals surface area contributed by atoms with Crippen LogP contribution in [0, 0.1) is 5.92 Å². The van der Waals surface area contributed by atoms with Gasteiger partial charge in [0.05, 0.1) is 0 Å². The van der Waals surface area contributed by atoms with Crippen molar-refractivity contribution in [1.82, 2.24) is 0 Å². The Labute approximate surface area is 295 Å². The molecule has 0 spiro atoms. The molecule has 1 unspecified atom stereocenters. The molecule has 0 aliphatic carbocycles. The van der Waals surface area contributed by atoms with Crippen LogP contribution in [0.15, 0.2) is 0 Å². The fourth-order valence-electron chi connectivity index (χ4n) is 7.79. The van der Waals surface area contributed by atoms with E-state index in [9.17, 15) is 0 Å². The van der Waals surface area contributed by atoms with Crippen LogP contribution in [0.4, 0.5) is 0 Å². The third-order valence-corrected chi connectivity index (χ3v) is 11.1. The maximum Gasteiger partial charge on any atom is -0.0414 e. The smallest absolute Gasteiger partial charge is 0.0414 e. The van der Waals surface area contributed by atoms with Crippen LogP contribution in [0.25, 0.3) is 0 Å². The van der Waals surface area contributed by atoms with E-state index in [2.05, 4.69) is 20.8 Å². The van der Waals surface area contributed by atoms with Gasteiger partial charge in [-0.3, -0.25) is 0 Å². The Bertz CT molecular complexity index is 494. The minimum atomic E-state index is 1.04. The lowest BCUT2D eigenvalue weighted by Crippen LogP contribution is -2.01. The minimum Gasteiger partial charge on any atom is -0.0654 e. The van der Waals surface area contributed by atoms with E-state index in [0.29, 0.717) is 0 Å². The topological polar surface area (TPSA) is 0 Å². The molecule has 0 aliphatic rings. The number of unbranched alkanes of at least 4 members (excludes halogenated alkanes) is 36. The Hall–Kier alpha value is 0. The molecule has 0 fully saturated rings. The van der Waals surface area contributed by atoms with E-state index in [4.69, 9.17) is 0 Å². The molecule has 46 heavy (non-hydrogen) atoms. The summed E-state index contributed by atoms with van der Waals surface area (Å²) in [4.78, 5) is 0. The van der Waals surface area contributed by atoms with Crippen LogP contribution in [0.2, 0.25) is 0 Å². The zero-order valence-corrected chi connectivity index (χ0v) is 33.3. The van der Waals surface area contributed by atoms with Crippen molar-refractivity contribution in [2.75, 3.05) is 0 Å². The average molecular weight is 647 g/mol. The molecule has 278 valence electrons. The van der Waals surface area contributed by atoms with Crippen molar-refractivity contribution in [3.63, 3.8) is 0 Å². The summed E-state index contributed by atoms with van der Waals surface area (Å²) in [5.74, 6) is 1.04. The van der Waals surface area contributed by atoms with E-state index in [1.165, 1.54) is 270 Å². The van der Waals surface area contributed by atoms with Crippen molar-refractivity contribution in [3.8, 4) is 0 Å². The third-order valence-electron chi connectivity index (χ3n) is 11.1. The van der Waals surface area contributed by atoms with Crippen LogP contribution in [0.1, 0.15) is 290 Å². The highest BCUT2D eigenvalue weighted by Crippen LogP contribution is 2.25. The van der Waals surface area contributed by atoms with Crippen molar-refractivity contribution in [2.24, 2.45) is 5.92 Å². The molecule has 0 rings (SSSR count). The molecule has 0 aromatic heterocycles. The lowest BCUT2D eigenvalue weighted by atomic mass is 9.89. The predicted molar refractivity (Wildman–Crippen MR) is 214 cm³/mol. The summed E-state index contributed by atoms with van der Waals surface area (Å²) in [6.45, 7) is 6.98. The minimum absolute atomic E-state index is 1.04. The van der Waals surface area contributed by atoms with Gasteiger partial charge in [-0.1, -0.05) is 290 Å². The Morgan fingerprint density at radius 2 is 0.304 bits per heavy atom. The zero-order valence-electron chi connectivity index (χ0n) is 33.3. The Balaban J connectivity index is 3.57. The molecular weight excluding hydrogens is 553 g/mol. The van der Waals surface area contributed by atoms with Gasteiger partial charge in [0.1, 0.15) is 0 Å². The first-order chi connectivity index (χ1) is 22.8. The van der Waals surface area contributed by atoms with E-state index in [-0.39, 0.29) is 0 Å². The second-order valence-corrected chi connectivity index (χ2v) is 16.0. The highest BCUT2D eigenvalue weighted by Gasteiger charge is 2.09. The molecule has 0 aliphatic heterocycles. The first-order valence-electron chi connectivity index (χ1n) is 22.8. The number of hydrogen-bond acceptors (Lipinski definition) is 0. The lowest BCUT2D eigenvalue weighted by molar-refractivity contribution is 0.366. The van der Waals surface area contributed by atoms with Crippen LogP contribution < -0.4 is 0 Å². The average Bonchev–Trinajstić information content (AvgIpc) is 3.07. The van der Waals surface area contributed by atoms with Gasteiger partial charge in [-0.25, -0.2) is 0 Å². The summed E-state index contributed by atoms with van der Waals surface area (Å²) in [6.07, 6.45) is 62.3. The highest BCUT2D eigenvalue weighted by atomic mass is 14.1. The fourth-order valence-corrected chi connectivity index (χ4v) is 7.79. The van der Waals surface area contributed by atoms with Crippen molar-refractivity contribution < 1.29 is 0 Å². The van der Waals surface area contributed by atoms with E-state index in [1.807, 2.05) is 0 Å². The molecule has 1 atom stereocenters. The Kier molecular flexibility index (Phi) is 43.0. The lowest BCUT2D eigenvalue weighted by Gasteiger charge is -2.17. The highest BCUT2D eigenvalue weighted by molar-refractivity contribution is 4.62. The molecular formula is C46H94. The standard InChI is InChI=1S/C46H94/c1-4-7-10-13-15-17-19-21-23-25-26-27-29-31-33-35-37-39-42-45-46(43-40-12-9-6-3)44-41-38-36-34-32-30-28-24-22-20-18-16-14-11-8-5-2/h46H,4-45H2,1-3H3.